The SMILES string of the molecule is O=[P+](O)O.c1ccc(N(c2ccccc2)c2ccccc2)cc1.c1ccncc1. The van der Waals surface area contributed by atoms with Crippen LogP contribution in [0.1, 0.15) is 0 Å². The van der Waals surface area contributed by atoms with Crippen LogP contribution in [-0.4, -0.2) is 14.8 Å². The lowest BCUT2D eigenvalue weighted by molar-refractivity contribution is 0.405. The summed E-state index contributed by atoms with van der Waals surface area (Å²) in [4.78, 5) is 20.3. The Hall–Kier alpha value is -3.37. The van der Waals surface area contributed by atoms with Crippen LogP contribution in [0.2, 0.25) is 0 Å². The van der Waals surface area contributed by atoms with Gasteiger partial charge in [-0.05, 0) is 48.5 Å². The van der Waals surface area contributed by atoms with Crippen LogP contribution in [0.4, 0.5) is 17.1 Å². The number of aromatic nitrogens is 1. The predicted molar refractivity (Wildman–Crippen MR) is 117 cm³/mol. The van der Waals surface area contributed by atoms with E-state index >= 15 is 0 Å². The molecule has 29 heavy (non-hydrogen) atoms. The van der Waals surface area contributed by atoms with Crippen molar-refractivity contribution in [3.05, 3.63) is 122 Å². The van der Waals surface area contributed by atoms with Crippen molar-refractivity contribution in [3.63, 3.8) is 0 Å². The van der Waals surface area contributed by atoms with E-state index in [-0.39, 0.29) is 0 Å². The highest BCUT2D eigenvalue weighted by atomic mass is 31.1. The lowest BCUT2D eigenvalue weighted by Gasteiger charge is -2.25. The van der Waals surface area contributed by atoms with Gasteiger partial charge in [-0.25, -0.2) is 0 Å². The first-order valence-electron chi connectivity index (χ1n) is 8.84. The Morgan fingerprint density at radius 2 is 0.828 bits per heavy atom. The molecular weight excluding hydrogens is 383 g/mol. The van der Waals surface area contributed by atoms with Crippen molar-refractivity contribution in [3.8, 4) is 0 Å². The molecule has 0 aliphatic rings. The monoisotopic (exact) mass is 405 g/mol. The van der Waals surface area contributed by atoms with Gasteiger partial charge in [-0.3, -0.25) is 4.98 Å². The molecule has 4 rings (SSSR count). The highest BCUT2D eigenvalue weighted by Crippen LogP contribution is 2.33. The van der Waals surface area contributed by atoms with E-state index in [1.54, 1.807) is 12.4 Å². The second-order valence-corrected chi connectivity index (χ2v) is 6.12. The van der Waals surface area contributed by atoms with Crippen molar-refractivity contribution in [1.29, 1.82) is 0 Å². The summed E-state index contributed by atoms with van der Waals surface area (Å²) in [6, 6.07) is 37.0. The topological polar surface area (TPSA) is 73.7 Å². The third-order valence-electron chi connectivity index (χ3n) is 3.61. The molecule has 0 spiro atoms. The van der Waals surface area contributed by atoms with Crippen molar-refractivity contribution >= 4 is 25.3 Å². The Bertz CT molecular complexity index is 816. The summed E-state index contributed by atoms with van der Waals surface area (Å²) in [6.07, 6.45) is 3.50. The second kappa shape index (κ2) is 12.9. The van der Waals surface area contributed by atoms with Crippen LogP contribution in [0, 0.1) is 0 Å². The smallest absolute Gasteiger partial charge is 0.311 e. The van der Waals surface area contributed by atoms with Gasteiger partial charge in [0.25, 0.3) is 0 Å². The van der Waals surface area contributed by atoms with E-state index in [2.05, 4.69) is 82.7 Å². The van der Waals surface area contributed by atoms with Gasteiger partial charge in [-0.15, -0.1) is 9.79 Å². The van der Waals surface area contributed by atoms with Crippen LogP contribution in [0.25, 0.3) is 0 Å². The lowest BCUT2D eigenvalue weighted by atomic mass is 10.2. The van der Waals surface area contributed by atoms with E-state index in [0.717, 1.165) is 0 Å². The number of nitrogens with zero attached hydrogens (tertiary/aromatic N) is 2. The Labute approximate surface area is 171 Å². The number of hydrogen-bond donors (Lipinski definition) is 2. The average Bonchev–Trinajstić information content (AvgIpc) is 2.78. The predicted octanol–water partition coefficient (Wildman–Crippen LogP) is 5.87. The minimum Gasteiger partial charge on any atom is -0.311 e. The first kappa shape index (κ1) is 21.9. The molecule has 3 aromatic carbocycles. The van der Waals surface area contributed by atoms with Crippen LogP contribution < -0.4 is 4.90 Å². The molecule has 0 fully saturated rings. The molecule has 1 aromatic heterocycles. The molecule has 0 bridgehead atoms. The number of benzene rings is 3. The maximum absolute atomic E-state index is 8.70. The molecule has 0 radical (unpaired) electrons. The second-order valence-electron chi connectivity index (χ2n) is 5.62. The van der Waals surface area contributed by atoms with Gasteiger partial charge in [-0.1, -0.05) is 60.7 Å². The molecule has 1 heterocycles. The van der Waals surface area contributed by atoms with Crippen LogP contribution in [0.5, 0.6) is 0 Å². The Balaban J connectivity index is 0.000000248. The molecule has 0 unspecified atom stereocenters. The number of para-hydroxylation sites is 3. The number of hydrogen-bond acceptors (Lipinski definition) is 3. The Morgan fingerprint density at radius 3 is 1.03 bits per heavy atom. The van der Waals surface area contributed by atoms with Crippen LogP contribution in [-0.2, 0) is 4.57 Å². The largest absolute Gasteiger partial charge is 0.692 e. The van der Waals surface area contributed by atoms with Crippen LogP contribution in [0.15, 0.2) is 122 Å². The molecule has 5 nitrogen and oxygen atoms in total. The van der Waals surface area contributed by atoms with Gasteiger partial charge in [0, 0.05) is 34.0 Å². The first-order valence-corrected chi connectivity index (χ1v) is 10.0. The maximum atomic E-state index is 8.70. The van der Waals surface area contributed by atoms with Crippen LogP contribution >= 0.6 is 8.25 Å². The Kier molecular flexibility index (Phi) is 9.77. The zero-order valence-corrected chi connectivity index (χ0v) is 16.6. The molecule has 0 aliphatic carbocycles. The Morgan fingerprint density at radius 1 is 0.552 bits per heavy atom. The summed E-state index contributed by atoms with van der Waals surface area (Å²) in [5.41, 5.74) is 3.50. The maximum Gasteiger partial charge on any atom is 0.692 e. The number of anilines is 3. The molecule has 0 saturated heterocycles. The summed E-state index contributed by atoms with van der Waals surface area (Å²) in [5.74, 6) is 0. The summed E-state index contributed by atoms with van der Waals surface area (Å²) >= 11 is 0. The van der Waals surface area contributed by atoms with E-state index in [4.69, 9.17) is 14.4 Å². The summed E-state index contributed by atoms with van der Waals surface area (Å²) in [7, 11) is -2.87. The minimum atomic E-state index is -2.87. The standard InChI is InChI=1S/C18H15N.C5H5N.HO3P/c1-4-10-16(11-5-1)19(17-12-6-2-7-13-17)18-14-8-3-9-15-18;1-2-4-6-5-3-1;1-4(2)3/h1-15H;1-5H;(H-,1,2,3)/p+1. The van der Waals surface area contributed by atoms with Gasteiger partial charge < -0.3 is 4.90 Å². The molecule has 0 aliphatic heterocycles. The number of pyridine rings is 1. The van der Waals surface area contributed by atoms with Crippen molar-refractivity contribution in [2.75, 3.05) is 4.90 Å². The summed E-state index contributed by atoms with van der Waals surface area (Å²) < 4.78 is 8.70. The zero-order valence-electron chi connectivity index (χ0n) is 15.7. The fourth-order valence-corrected chi connectivity index (χ4v) is 2.49. The van der Waals surface area contributed by atoms with Gasteiger partial charge in [-0.2, -0.15) is 0 Å². The van der Waals surface area contributed by atoms with Crippen molar-refractivity contribution in [2.45, 2.75) is 0 Å². The van der Waals surface area contributed by atoms with Crippen molar-refractivity contribution in [2.24, 2.45) is 0 Å². The molecular formula is C23H22N2O3P+. The summed E-state index contributed by atoms with van der Waals surface area (Å²) in [5, 5.41) is 0. The van der Waals surface area contributed by atoms with E-state index in [9.17, 15) is 0 Å². The number of rotatable bonds is 3. The van der Waals surface area contributed by atoms with E-state index in [1.165, 1.54) is 17.1 Å². The van der Waals surface area contributed by atoms with E-state index < -0.39 is 8.25 Å². The van der Waals surface area contributed by atoms with E-state index in [0.29, 0.717) is 0 Å². The molecule has 0 saturated carbocycles. The lowest BCUT2D eigenvalue weighted by Crippen LogP contribution is -2.09. The molecule has 2 N–H and O–H groups in total. The van der Waals surface area contributed by atoms with Crippen molar-refractivity contribution in [1.82, 2.24) is 4.98 Å². The normalized spacial score (nSPS) is 9.17. The van der Waals surface area contributed by atoms with E-state index in [1.807, 2.05) is 36.4 Å². The fourth-order valence-electron chi connectivity index (χ4n) is 2.49. The minimum absolute atomic E-state index is 1.17. The van der Waals surface area contributed by atoms with Gasteiger partial charge in [0.1, 0.15) is 0 Å². The highest BCUT2D eigenvalue weighted by molar-refractivity contribution is 7.30. The molecule has 0 amide bonds. The third-order valence-corrected chi connectivity index (χ3v) is 3.61. The molecule has 6 heteroatoms. The quantitative estimate of drug-likeness (QED) is 0.417. The zero-order chi connectivity index (χ0) is 20.7. The van der Waals surface area contributed by atoms with Crippen LogP contribution in [0.3, 0.4) is 0 Å². The third kappa shape index (κ3) is 8.45. The molecule has 4 aromatic rings. The molecule has 0 atom stereocenters. The van der Waals surface area contributed by atoms with Gasteiger partial charge >= 0.3 is 8.25 Å². The van der Waals surface area contributed by atoms with Gasteiger partial charge in [0.2, 0.25) is 0 Å². The fraction of sp³-hybridized carbons (Fsp3) is 0. The average molecular weight is 405 g/mol. The van der Waals surface area contributed by atoms with Gasteiger partial charge in [0.05, 0.1) is 0 Å². The van der Waals surface area contributed by atoms with Gasteiger partial charge in [0.15, 0.2) is 0 Å². The summed E-state index contributed by atoms with van der Waals surface area (Å²) in [6.45, 7) is 0. The first-order chi connectivity index (χ1) is 14.2. The highest BCUT2D eigenvalue weighted by Gasteiger charge is 2.10. The molecule has 146 valence electrons. The van der Waals surface area contributed by atoms with Crippen molar-refractivity contribution < 1.29 is 14.4 Å².